The van der Waals surface area contributed by atoms with Gasteiger partial charge >= 0.3 is 12.0 Å². The number of carbonyl (C=O) groups is 2. The van der Waals surface area contributed by atoms with Crippen molar-refractivity contribution in [1.82, 2.24) is 20.4 Å². The first-order chi connectivity index (χ1) is 14.1. The van der Waals surface area contributed by atoms with E-state index in [9.17, 15) is 9.59 Å². The number of esters is 1. The summed E-state index contributed by atoms with van der Waals surface area (Å²) < 4.78 is 4.69. The van der Waals surface area contributed by atoms with Gasteiger partial charge in [0.15, 0.2) is 0 Å². The van der Waals surface area contributed by atoms with Crippen molar-refractivity contribution < 1.29 is 14.3 Å². The van der Waals surface area contributed by atoms with E-state index in [-0.39, 0.29) is 18.0 Å². The van der Waals surface area contributed by atoms with Crippen LogP contribution in [0.25, 0.3) is 0 Å². The van der Waals surface area contributed by atoms with Crippen molar-refractivity contribution in [3.8, 4) is 0 Å². The quantitative estimate of drug-likeness (QED) is 0.678. The van der Waals surface area contributed by atoms with Gasteiger partial charge in [0.1, 0.15) is 0 Å². The van der Waals surface area contributed by atoms with Gasteiger partial charge in [-0.3, -0.25) is 4.90 Å². The van der Waals surface area contributed by atoms with Crippen LogP contribution >= 0.6 is 11.3 Å². The van der Waals surface area contributed by atoms with E-state index >= 15 is 0 Å². The standard InChI is InChI=1S/C21H28N4O3S/c1-24-9-11-25(12-10-24)18(19-4-3-13-29-19)15-23-21(27)22-14-16-5-7-17(8-6-16)20(26)28-2/h3-8,13,18H,9-12,14-15H2,1-2H3,(H2,22,23,27). The van der Waals surface area contributed by atoms with Gasteiger partial charge in [-0.05, 0) is 36.2 Å². The van der Waals surface area contributed by atoms with Crippen LogP contribution in [-0.2, 0) is 11.3 Å². The molecule has 1 unspecified atom stereocenters. The highest BCUT2D eigenvalue weighted by Crippen LogP contribution is 2.25. The molecule has 0 bridgehead atoms. The Kier molecular flexibility index (Phi) is 7.62. The van der Waals surface area contributed by atoms with Gasteiger partial charge in [-0.25, -0.2) is 9.59 Å². The molecule has 7 nitrogen and oxygen atoms in total. The Balaban J connectivity index is 1.50. The summed E-state index contributed by atoms with van der Waals surface area (Å²) in [7, 11) is 3.49. The zero-order valence-electron chi connectivity index (χ0n) is 16.9. The van der Waals surface area contributed by atoms with Crippen LogP contribution in [0, 0.1) is 0 Å². The number of carbonyl (C=O) groups excluding carboxylic acids is 2. The lowest BCUT2D eigenvalue weighted by molar-refractivity contribution is 0.0600. The summed E-state index contributed by atoms with van der Waals surface area (Å²) in [6.07, 6.45) is 0. The molecule has 2 amide bonds. The smallest absolute Gasteiger partial charge is 0.337 e. The van der Waals surface area contributed by atoms with Gasteiger partial charge in [-0.15, -0.1) is 11.3 Å². The van der Waals surface area contributed by atoms with E-state index in [2.05, 4.69) is 45.0 Å². The number of likely N-dealkylation sites (N-methyl/N-ethyl adjacent to an activating group) is 1. The van der Waals surface area contributed by atoms with Crippen LogP contribution in [0.15, 0.2) is 41.8 Å². The largest absolute Gasteiger partial charge is 0.465 e. The summed E-state index contributed by atoms with van der Waals surface area (Å²) in [6.45, 7) is 5.03. The SMILES string of the molecule is COC(=O)c1ccc(CNC(=O)NCC(c2cccs2)N2CCN(C)CC2)cc1. The first-order valence-electron chi connectivity index (χ1n) is 9.72. The molecule has 0 saturated carbocycles. The maximum atomic E-state index is 12.3. The van der Waals surface area contributed by atoms with Crippen molar-refractivity contribution in [3.05, 3.63) is 57.8 Å². The number of urea groups is 1. The van der Waals surface area contributed by atoms with E-state index in [1.807, 2.05) is 12.1 Å². The summed E-state index contributed by atoms with van der Waals surface area (Å²) >= 11 is 1.73. The topological polar surface area (TPSA) is 73.9 Å². The molecule has 1 aromatic carbocycles. The summed E-state index contributed by atoms with van der Waals surface area (Å²) in [5, 5.41) is 7.98. The molecule has 0 spiro atoms. The van der Waals surface area contributed by atoms with E-state index < -0.39 is 0 Å². The summed E-state index contributed by atoms with van der Waals surface area (Å²) in [4.78, 5) is 29.8. The van der Waals surface area contributed by atoms with Crippen LogP contribution in [0.2, 0.25) is 0 Å². The van der Waals surface area contributed by atoms with Crippen molar-refractivity contribution in [2.45, 2.75) is 12.6 Å². The van der Waals surface area contributed by atoms with Gasteiger partial charge in [0, 0.05) is 44.1 Å². The number of ether oxygens (including phenoxy) is 1. The third-order valence-corrected chi connectivity index (χ3v) is 6.11. The van der Waals surface area contributed by atoms with Gasteiger partial charge in [-0.2, -0.15) is 0 Å². The molecule has 8 heteroatoms. The molecule has 1 aromatic heterocycles. The molecule has 1 atom stereocenters. The Bertz CT molecular complexity index is 787. The zero-order chi connectivity index (χ0) is 20.6. The molecule has 3 rings (SSSR count). The number of thiophene rings is 1. The lowest BCUT2D eigenvalue weighted by Crippen LogP contribution is -2.49. The number of hydrogen-bond acceptors (Lipinski definition) is 6. The highest BCUT2D eigenvalue weighted by molar-refractivity contribution is 7.10. The predicted octanol–water partition coefficient (Wildman–Crippen LogP) is 2.32. The van der Waals surface area contributed by atoms with Gasteiger partial charge in [0.25, 0.3) is 0 Å². The van der Waals surface area contributed by atoms with Crippen molar-refractivity contribution >= 4 is 23.3 Å². The third kappa shape index (κ3) is 6.03. The second-order valence-electron chi connectivity index (χ2n) is 7.12. The van der Waals surface area contributed by atoms with Crippen LogP contribution in [0.4, 0.5) is 4.79 Å². The lowest BCUT2D eigenvalue weighted by Gasteiger charge is -2.37. The monoisotopic (exact) mass is 416 g/mol. The molecule has 156 valence electrons. The Hall–Kier alpha value is -2.42. The van der Waals surface area contributed by atoms with E-state index in [0.29, 0.717) is 18.7 Å². The number of benzene rings is 1. The van der Waals surface area contributed by atoms with Crippen molar-refractivity contribution in [3.63, 3.8) is 0 Å². The van der Waals surface area contributed by atoms with Crippen molar-refractivity contribution in [2.75, 3.05) is 46.9 Å². The normalized spacial score (nSPS) is 16.2. The molecule has 2 heterocycles. The lowest BCUT2D eigenvalue weighted by atomic mass is 10.1. The molecule has 2 N–H and O–H groups in total. The minimum Gasteiger partial charge on any atom is -0.465 e. The molecular formula is C21H28N4O3S. The summed E-state index contributed by atoms with van der Waals surface area (Å²) in [5.74, 6) is -0.370. The third-order valence-electron chi connectivity index (χ3n) is 5.13. The van der Waals surface area contributed by atoms with Crippen LogP contribution in [0.5, 0.6) is 0 Å². The number of rotatable bonds is 7. The first kappa shape index (κ1) is 21.3. The highest BCUT2D eigenvalue weighted by atomic mass is 32.1. The number of methoxy groups -OCH3 is 1. The second-order valence-corrected chi connectivity index (χ2v) is 8.10. The maximum absolute atomic E-state index is 12.3. The fourth-order valence-corrected chi connectivity index (χ4v) is 4.20. The van der Waals surface area contributed by atoms with Crippen LogP contribution in [-0.4, -0.2) is 68.7 Å². The van der Waals surface area contributed by atoms with Crippen LogP contribution in [0.1, 0.15) is 26.8 Å². The summed E-state index contributed by atoms with van der Waals surface area (Å²) in [6, 6.07) is 11.2. The van der Waals surface area contributed by atoms with Crippen molar-refractivity contribution in [1.29, 1.82) is 0 Å². The van der Waals surface area contributed by atoms with Crippen LogP contribution < -0.4 is 10.6 Å². The van der Waals surface area contributed by atoms with Gasteiger partial charge in [-0.1, -0.05) is 18.2 Å². The fourth-order valence-electron chi connectivity index (χ4n) is 3.33. The minimum atomic E-state index is -0.370. The predicted molar refractivity (Wildman–Crippen MR) is 114 cm³/mol. The highest BCUT2D eigenvalue weighted by Gasteiger charge is 2.25. The number of amides is 2. The number of hydrogen-bond donors (Lipinski definition) is 2. The van der Waals surface area contributed by atoms with Crippen molar-refractivity contribution in [2.24, 2.45) is 0 Å². The molecule has 0 aliphatic carbocycles. The van der Waals surface area contributed by atoms with E-state index in [1.165, 1.54) is 12.0 Å². The minimum absolute atomic E-state index is 0.189. The number of nitrogens with zero attached hydrogens (tertiary/aromatic N) is 2. The van der Waals surface area contributed by atoms with Gasteiger partial charge < -0.3 is 20.3 Å². The second kappa shape index (κ2) is 10.4. The van der Waals surface area contributed by atoms with Gasteiger partial charge in [0.2, 0.25) is 0 Å². The first-order valence-corrected chi connectivity index (χ1v) is 10.6. The molecule has 0 radical (unpaired) electrons. The molecule has 2 aromatic rings. The molecule has 1 saturated heterocycles. The van der Waals surface area contributed by atoms with E-state index in [0.717, 1.165) is 31.7 Å². The Morgan fingerprint density at radius 3 is 2.45 bits per heavy atom. The molecular weight excluding hydrogens is 388 g/mol. The summed E-state index contributed by atoms with van der Waals surface area (Å²) in [5.41, 5.74) is 1.41. The fraction of sp³-hybridized carbons (Fsp3) is 0.429. The number of piperazine rings is 1. The zero-order valence-corrected chi connectivity index (χ0v) is 17.7. The Morgan fingerprint density at radius 2 is 1.83 bits per heavy atom. The Morgan fingerprint density at radius 1 is 1.10 bits per heavy atom. The average Bonchev–Trinajstić information content (AvgIpc) is 3.28. The molecule has 1 aliphatic heterocycles. The Labute approximate surface area is 175 Å². The molecule has 29 heavy (non-hydrogen) atoms. The van der Waals surface area contributed by atoms with Gasteiger partial charge in [0.05, 0.1) is 18.7 Å². The van der Waals surface area contributed by atoms with Crippen LogP contribution in [0.3, 0.4) is 0 Å². The number of nitrogens with one attached hydrogen (secondary N) is 2. The average molecular weight is 417 g/mol. The maximum Gasteiger partial charge on any atom is 0.337 e. The molecule has 1 fully saturated rings. The van der Waals surface area contributed by atoms with E-state index in [4.69, 9.17) is 4.74 Å². The van der Waals surface area contributed by atoms with E-state index in [1.54, 1.807) is 23.5 Å². The molecule has 1 aliphatic rings.